The molecule has 0 fully saturated rings. The van der Waals surface area contributed by atoms with Crippen molar-refractivity contribution >= 4 is 11.4 Å². The maximum atomic E-state index is 10.8. The lowest BCUT2D eigenvalue weighted by atomic mass is 10.0. The maximum Gasteiger partial charge on any atom is 0.274 e. The van der Waals surface area contributed by atoms with Gasteiger partial charge < -0.3 is 5.32 Å². The fraction of sp³-hybridized carbons (Fsp3) is 0.400. The fourth-order valence-electron chi connectivity index (χ4n) is 1.97. The van der Waals surface area contributed by atoms with Gasteiger partial charge in [0.1, 0.15) is 0 Å². The van der Waals surface area contributed by atoms with Gasteiger partial charge in [-0.15, -0.1) is 0 Å². The Morgan fingerprint density at radius 3 is 3.00 bits per heavy atom. The van der Waals surface area contributed by atoms with Gasteiger partial charge in [-0.05, 0) is 18.4 Å². The molecule has 2 rings (SSSR count). The van der Waals surface area contributed by atoms with Crippen molar-refractivity contribution < 1.29 is 4.92 Å². The van der Waals surface area contributed by atoms with Crippen LogP contribution >= 0.6 is 0 Å². The molecule has 0 amide bonds. The first-order valence-electron chi connectivity index (χ1n) is 4.77. The zero-order valence-corrected chi connectivity index (χ0v) is 8.04. The van der Waals surface area contributed by atoms with E-state index in [1.54, 1.807) is 6.07 Å². The van der Waals surface area contributed by atoms with E-state index in [4.69, 9.17) is 0 Å². The van der Waals surface area contributed by atoms with Gasteiger partial charge in [0, 0.05) is 18.3 Å². The van der Waals surface area contributed by atoms with Gasteiger partial charge in [-0.3, -0.25) is 10.1 Å². The quantitative estimate of drug-likeness (QED) is 0.576. The Hall–Kier alpha value is -1.58. The second-order valence-corrected chi connectivity index (χ2v) is 3.38. The molecule has 0 radical (unpaired) electrons. The first-order valence-corrected chi connectivity index (χ1v) is 4.77. The number of nitrogens with zero attached hydrogens (tertiary/aromatic N) is 1. The van der Waals surface area contributed by atoms with E-state index < -0.39 is 0 Å². The highest BCUT2D eigenvalue weighted by atomic mass is 16.6. The SMILES string of the molecule is CCc1c([N+](=O)[O-])ccc2c1NCC2. The molecule has 1 aliphatic rings. The molecule has 0 unspecified atom stereocenters. The Labute approximate surface area is 82.1 Å². The maximum absolute atomic E-state index is 10.8. The van der Waals surface area contributed by atoms with E-state index in [2.05, 4.69) is 5.32 Å². The average Bonchev–Trinajstić information content (AvgIpc) is 2.63. The molecule has 0 bridgehead atoms. The summed E-state index contributed by atoms with van der Waals surface area (Å²) >= 11 is 0. The van der Waals surface area contributed by atoms with E-state index in [-0.39, 0.29) is 10.6 Å². The van der Waals surface area contributed by atoms with Crippen molar-refractivity contribution in [1.29, 1.82) is 0 Å². The lowest BCUT2D eigenvalue weighted by Gasteiger charge is -2.06. The molecule has 1 aromatic carbocycles. The van der Waals surface area contributed by atoms with Crippen LogP contribution in [-0.4, -0.2) is 11.5 Å². The highest BCUT2D eigenvalue weighted by molar-refractivity contribution is 5.67. The average molecular weight is 192 g/mol. The number of anilines is 1. The van der Waals surface area contributed by atoms with Gasteiger partial charge in [-0.1, -0.05) is 13.0 Å². The molecule has 0 atom stereocenters. The Morgan fingerprint density at radius 1 is 1.57 bits per heavy atom. The summed E-state index contributed by atoms with van der Waals surface area (Å²) in [5, 5.41) is 14.0. The predicted molar refractivity (Wildman–Crippen MR) is 54.7 cm³/mol. The summed E-state index contributed by atoms with van der Waals surface area (Å²) in [4.78, 5) is 10.5. The third-order valence-corrected chi connectivity index (χ3v) is 2.62. The predicted octanol–water partition coefficient (Wildman–Crippen LogP) is 2.13. The molecule has 1 heterocycles. The number of nitro benzene ring substituents is 1. The van der Waals surface area contributed by atoms with Crippen molar-refractivity contribution in [2.45, 2.75) is 19.8 Å². The first kappa shape index (κ1) is 8.99. The van der Waals surface area contributed by atoms with Crippen molar-refractivity contribution in [2.75, 3.05) is 11.9 Å². The van der Waals surface area contributed by atoms with E-state index in [1.165, 1.54) is 5.56 Å². The Bertz CT molecular complexity index is 388. The number of rotatable bonds is 2. The molecule has 0 saturated heterocycles. The summed E-state index contributed by atoms with van der Waals surface area (Å²) < 4.78 is 0. The van der Waals surface area contributed by atoms with Crippen LogP contribution in [0.1, 0.15) is 18.1 Å². The molecular formula is C10H12N2O2. The number of hydrogen-bond acceptors (Lipinski definition) is 3. The first-order chi connectivity index (χ1) is 6.74. The van der Waals surface area contributed by atoms with Crippen LogP contribution in [0.5, 0.6) is 0 Å². The second kappa shape index (κ2) is 3.29. The molecule has 1 aliphatic heterocycles. The van der Waals surface area contributed by atoms with Crippen molar-refractivity contribution in [3.05, 3.63) is 33.4 Å². The fourth-order valence-corrected chi connectivity index (χ4v) is 1.97. The van der Waals surface area contributed by atoms with Crippen molar-refractivity contribution in [3.8, 4) is 0 Å². The minimum absolute atomic E-state index is 0.237. The third kappa shape index (κ3) is 1.23. The van der Waals surface area contributed by atoms with Crippen LogP contribution in [0.4, 0.5) is 11.4 Å². The van der Waals surface area contributed by atoms with E-state index in [9.17, 15) is 10.1 Å². The van der Waals surface area contributed by atoms with Gasteiger partial charge in [0.05, 0.1) is 10.5 Å². The Balaban J connectivity index is 2.59. The monoisotopic (exact) mass is 192 g/mol. The van der Waals surface area contributed by atoms with Gasteiger partial charge >= 0.3 is 0 Å². The normalized spacial score (nSPS) is 13.5. The lowest BCUT2D eigenvalue weighted by Crippen LogP contribution is -1.99. The summed E-state index contributed by atoms with van der Waals surface area (Å²) in [5.74, 6) is 0. The molecule has 4 nitrogen and oxygen atoms in total. The molecule has 1 N–H and O–H groups in total. The zero-order valence-electron chi connectivity index (χ0n) is 8.04. The molecule has 14 heavy (non-hydrogen) atoms. The molecule has 74 valence electrons. The molecule has 0 aliphatic carbocycles. The van der Waals surface area contributed by atoms with Crippen LogP contribution in [0.3, 0.4) is 0 Å². The summed E-state index contributed by atoms with van der Waals surface area (Å²) in [6.07, 6.45) is 1.67. The summed E-state index contributed by atoms with van der Waals surface area (Å²) in [6, 6.07) is 3.47. The van der Waals surface area contributed by atoms with Gasteiger partial charge in [0.25, 0.3) is 5.69 Å². The van der Waals surface area contributed by atoms with E-state index in [0.29, 0.717) is 6.42 Å². The van der Waals surface area contributed by atoms with Crippen LogP contribution in [0.25, 0.3) is 0 Å². The Morgan fingerprint density at radius 2 is 2.36 bits per heavy atom. The molecule has 0 saturated carbocycles. The largest absolute Gasteiger partial charge is 0.384 e. The van der Waals surface area contributed by atoms with Gasteiger partial charge in [0.2, 0.25) is 0 Å². The highest BCUT2D eigenvalue weighted by Gasteiger charge is 2.21. The zero-order chi connectivity index (χ0) is 10.1. The van der Waals surface area contributed by atoms with Crippen LogP contribution in [0.15, 0.2) is 12.1 Å². The number of benzene rings is 1. The number of hydrogen-bond donors (Lipinski definition) is 1. The van der Waals surface area contributed by atoms with Crippen molar-refractivity contribution in [1.82, 2.24) is 0 Å². The van der Waals surface area contributed by atoms with Crippen molar-refractivity contribution in [3.63, 3.8) is 0 Å². The minimum Gasteiger partial charge on any atom is -0.384 e. The smallest absolute Gasteiger partial charge is 0.274 e. The molecular weight excluding hydrogens is 180 g/mol. The van der Waals surface area contributed by atoms with E-state index >= 15 is 0 Å². The molecule has 4 heteroatoms. The topological polar surface area (TPSA) is 55.2 Å². The Kier molecular flexibility index (Phi) is 2.11. The summed E-state index contributed by atoms with van der Waals surface area (Å²) in [7, 11) is 0. The number of fused-ring (bicyclic) bond motifs is 1. The van der Waals surface area contributed by atoms with Gasteiger partial charge in [-0.2, -0.15) is 0 Å². The lowest BCUT2D eigenvalue weighted by molar-refractivity contribution is -0.385. The minimum atomic E-state index is -0.306. The number of nitro groups is 1. The number of nitrogens with one attached hydrogen (secondary N) is 1. The van der Waals surface area contributed by atoms with Gasteiger partial charge in [-0.25, -0.2) is 0 Å². The highest BCUT2D eigenvalue weighted by Crippen LogP contribution is 2.33. The molecule has 1 aromatic rings. The summed E-state index contributed by atoms with van der Waals surface area (Å²) in [5.41, 5.74) is 3.26. The summed E-state index contributed by atoms with van der Waals surface area (Å²) in [6.45, 7) is 2.84. The van der Waals surface area contributed by atoms with E-state index in [0.717, 1.165) is 24.2 Å². The van der Waals surface area contributed by atoms with Crippen LogP contribution in [0, 0.1) is 10.1 Å². The van der Waals surface area contributed by atoms with Crippen molar-refractivity contribution in [2.24, 2.45) is 0 Å². The van der Waals surface area contributed by atoms with Crippen LogP contribution in [-0.2, 0) is 12.8 Å². The van der Waals surface area contributed by atoms with Gasteiger partial charge in [0.15, 0.2) is 0 Å². The van der Waals surface area contributed by atoms with Crippen LogP contribution < -0.4 is 5.32 Å². The molecule has 0 spiro atoms. The standard InChI is InChI=1S/C10H12N2O2/c1-2-8-9(12(13)14)4-3-7-5-6-11-10(7)8/h3-4,11H,2,5-6H2,1H3. The molecule has 0 aromatic heterocycles. The second-order valence-electron chi connectivity index (χ2n) is 3.38. The van der Waals surface area contributed by atoms with Crippen LogP contribution in [0.2, 0.25) is 0 Å². The third-order valence-electron chi connectivity index (χ3n) is 2.62. The van der Waals surface area contributed by atoms with E-state index in [1.807, 2.05) is 13.0 Å².